The van der Waals surface area contributed by atoms with Crippen LogP contribution in [0.2, 0.25) is 0 Å². The van der Waals surface area contributed by atoms with E-state index in [1.54, 1.807) is 12.1 Å². The second-order valence-electron chi connectivity index (χ2n) is 7.18. The van der Waals surface area contributed by atoms with Gasteiger partial charge in [0.2, 0.25) is 0 Å². The van der Waals surface area contributed by atoms with Crippen LogP contribution in [0.3, 0.4) is 0 Å². The zero-order valence-corrected chi connectivity index (χ0v) is 16.0. The zero-order valence-electron chi connectivity index (χ0n) is 16.0. The Hall–Kier alpha value is -1.98. The highest BCUT2D eigenvalue weighted by Gasteiger charge is 2.15. The summed E-state index contributed by atoms with van der Waals surface area (Å²) in [6, 6.07) is 9.17. The van der Waals surface area contributed by atoms with Crippen LogP contribution in [0.15, 0.2) is 35.5 Å². The van der Waals surface area contributed by atoms with Gasteiger partial charge in [0.25, 0.3) is 0 Å². The average Bonchev–Trinajstić information content (AvgIpc) is 2.65. The predicted molar refractivity (Wildman–Crippen MR) is 107 cm³/mol. The third-order valence-electron chi connectivity index (χ3n) is 4.69. The molecular weight excluding hydrogens is 328 g/mol. The van der Waals surface area contributed by atoms with Crippen molar-refractivity contribution in [2.45, 2.75) is 59.0 Å². The van der Waals surface area contributed by atoms with Crippen LogP contribution < -0.4 is 5.48 Å². The second kappa shape index (κ2) is 10.2. The molecule has 0 fully saturated rings. The Kier molecular flexibility index (Phi) is 8.01. The first-order valence-electron chi connectivity index (χ1n) is 9.52. The fourth-order valence-corrected chi connectivity index (χ4v) is 3.10. The van der Waals surface area contributed by atoms with Crippen molar-refractivity contribution in [3.63, 3.8) is 0 Å². The smallest absolute Gasteiger partial charge is 0.115 e. The Balaban J connectivity index is 2.32. The van der Waals surface area contributed by atoms with Gasteiger partial charge in [-0.05, 0) is 47.7 Å². The average molecular weight is 358 g/mol. The van der Waals surface area contributed by atoms with Gasteiger partial charge in [0.1, 0.15) is 5.69 Å². The Bertz CT molecular complexity index is 716. The third kappa shape index (κ3) is 5.26. The highest BCUT2D eigenvalue weighted by molar-refractivity contribution is 6.01. The molecule has 0 saturated carbocycles. The molecule has 5 nitrogen and oxygen atoms in total. The zero-order chi connectivity index (χ0) is 18.9. The minimum atomic E-state index is 0.00921. The van der Waals surface area contributed by atoms with Crippen molar-refractivity contribution < 1.29 is 9.94 Å². The molecule has 2 N–H and O–H groups in total. The molecule has 1 unspecified atom stereocenters. The molecule has 142 valence electrons. The Labute approximate surface area is 155 Å². The number of nitrogens with one attached hydrogen (secondary N) is 1. The molecule has 26 heavy (non-hydrogen) atoms. The van der Waals surface area contributed by atoms with Crippen molar-refractivity contribution >= 4 is 22.1 Å². The minimum absolute atomic E-state index is 0.00921. The topological polar surface area (TPSA) is 70.9 Å². The number of rotatable bonds is 11. The van der Waals surface area contributed by atoms with Gasteiger partial charge < -0.3 is 4.74 Å². The summed E-state index contributed by atoms with van der Waals surface area (Å²) in [6.07, 6.45) is 5.45. The predicted octanol–water partition coefficient (Wildman–Crippen LogP) is 6.72. The van der Waals surface area contributed by atoms with Crippen LogP contribution in [-0.2, 0) is 4.74 Å². The Morgan fingerprint density at radius 3 is 2.58 bits per heavy atom. The van der Waals surface area contributed by atoms with Crippen LogP contribution in [0.5, 0.6) is 0 Å². The number of hydrogen-bond acceptors (Lipinski definition) is 5. The normalized spacial score (nSPS) is 12.5. The summed E-state index contributed by atoms with van der Waals surface area (Å²) in [6.45, 7) is 7.30. The minimum Gasteiger partial charge on any atom is -0.374 e. The quantitative estimate of drug-likeness (QED) is 0.265. The molecule has 0 saturated heterocycles. The molecule has 2 aromatic carbocycles. The van der Waals surface area contributed by atoms with Crippen LogP contribution in [0.25, 0.3) is 10.8 Å². The third-order valence-corrected chi connectivity index (χ3v) is 4.69. The van der Waals surface area contributed by atoms with Gasteiger partial charge in [-0.25, -0.2) is 0 Å². The first-order chi connectivity index (χ1) is 12.6. The summed E-state index contributed by atoms with van der Waals surface area (Å²) >= 11 is 0. The number of nitroso groups, excluding NO2 is 1. The summed E-state index contributed by atoms with van der Waals surface area (Å²) in [7, 11) is 0. The van der Waals surface area contributed by atoms with Gasteiger partial charge in [-0.2, -0.15) is 0 Å². The van der Waals surface area contributed by atoms with Gasteiger partial charge >= 0.3 is 0 Å². The van der Waals surface area contributed by atoms with E-state index < -0.39 is 0 Å². The van der Waals surface area contributed by atoms with E-state index in [1.807, 2.05) is 18.2 Å². The van der Waals surface area contributed by atoms with Gasteiger partial charge in [-0.15, -0.1) is 4.91 Å². The fraction of sp³-hybridized carbons (Fsp3) is 0.524. The highest BCUT2D eigenvalue weighted by atomic mass is 16.5. The molecule has 2 rings (SSSR count). The van der Waals surface area contributed by atoms with Crippen molar-refractivity contribution in [1.82, 2.24) is 0 Å². The number of nitrogens with zero attached hydrogens (tertiary/aromatic N) is 1. The SMILES string of the molecule is CCCCCC(OCCC(C)C)c1ccc2c(NO)ccc(N=O)c2c1. The Morgan fingerprint density at radius 2 is 1.92 bits per heavy atom. The molecule has 0 radical (unpaired) electrons. The van der Waals surface area contributed by atoms with Crippen LogP contribution in [-0.4, -0.2) is 11.8 Å². The fourth-order valence-electron chi connectivity index (χ4n) is 3.10. The van der Waals surface area contributed by atoms with E-state index in [1.165, 1.54) is 12.8 Å². The van der Waals surface area contributed by atoms with Gasteiger partial charge in [0, 0.05) is 17.4 Å². The lowest BCUT2D eigenvalue weighted by molar-refractivity contribution is 0.0384. The number of anilines is 1. The molecule has 0 aliphatic heterocycles. The van der Waals surface area contributed by atoms with Crippen molar-refractivity contribution in [1.29, 1.82) is 0 Å². The molecule has 0 aliphatic rings. The lowest BCUT2D eigenvalue weighted by Crippen LogP contribution is -2.08. The molecule has 0 amide bonds. The van der Waals surface area contributed by atoms with E-state index in [0.717, 1.165) is 42.2 Å². The summed E-state index contributed by atoms with van der Waals surface area (Å²) in [5.74, 6) is 0.604. The number of ether oxygens (including phenoxy) is 1. The molecule has 0 aromatic heterocycles. The van der Waals surface area contributed by atoms with Gasteiger partial charge in [-0.1, -0.05) is 52.2 Å². The Morgan fingerprint density at radius 1 is 1.12 bits per heavy atom. The summed E-state index contributed by atoms with van der Waals surface area (Å²) in [5.41, 5.74) is 4.17. The molecule has 5 heteroatoms. The van der Waals surface area contributed by atoms with Crippen LogP contribution in [0.4, 0.5) is 11.4 Å². The first kappa shape index (κ1) is 20.3. The van der Waals surface area contributed by atoms with E-state index in [9.17, 15) is 10.1 Å². The van der Waals surface area contributed by atoms with Crippen molar-refractivity contribution in [2.24, 2.45) is 11.1 Å². The maximum atomic E-state index is 11.2. The number of fused-ring (bicyclic) bond motifs is 1. The number of benzene rings is 2. The second-order valence-corrected chi connectivity index (χ2v) is 7.18. The highest BCUT2D eigenvalue weighted by Crippen LogP contribution is 2.35. The monoisotopic (exact) mass is 358 g/mol. The van der Waals surface area contributed by atoms with E-state index in [0.29, 0.717) is 17.3 Å². The van der Waals surface area contributed by atoms with Crippen LogP contribution >= 0.6 is 0 Å². The lowest BCUT2D eigenvalue weighted by atomic mass is 9.98. The summed E-state index contributed by atoms with van der Waals surface area (Å²) in [5, 5.41) is 13.9. The molecule has 2 aromatic rings. The van der Waals surface area contributed by atoms with Gasteiger partial charge in [0.15, 0.2) is 0 Å². The van der Waals surface area contributed by atoms with Gasteiger partial charge in [-0.3, -0.25) is 10.7 Å². The van der Waals surface area contributed by atoms with E-state index in [4.69, 9.17) is 4.74 Å². The maximum Gasteiger partial charge on any atom is 0.115 e. The maximum absolute atomic E-state index is 11.2. The van der Waals surface area contributed by atoms with Gasteiger partial charge in [0.05, 0.1) is 11.8 Å². The summed E-state index contributed by atoms with van der Waals surface area (Å²) in [4.78, 5) is 11.2. The standard InChI is InChI=1S/C21H30N2O3/c1-4-5-6-7-21(26-13-12-15(2)3)16-8-9-17-18(14-16)20(23-25)11-10-19(17)22-24/h8-11,14-15,21-22,24H,4-7,12-13H2,1-3H3. The molecular formula is C21H30N2O3. The van der Waals surface area contributed by atoms with Crippen molar-refractivity contribution in [3.05, 3.63) is 40.8 Å². The van der Waals surface area contributed by atoms with Crippen molar-refractivity contribution in [2.75, 3.05) is 12.1 Å². The molecule has 0 bridgehead atoms. The molecule has 0 aliphatic carbocycles. The summed E-state index contributed by atoms with van der Waals surface area (Å²) < 4.78 is 6.19. The number of unbranched alkanes of at least 4 members (excludes halogenated alkanes) is 2. The van der Waals surface area contributed by atoms with Crippen molar-refractivity contribution in [3.8, 4) is 0 Å². The van der Waals surface area contributed by atoms with E-state index in [-0.39, 0.29) is 6.10 Å². The number of hydrogen-bond donors (Lipinski definition) is 2. The lowest BCUT2D eigenvalue weighted by Gasteiger charge is -2.20. The largest absolute Gasteiger partial charge is 0.374 e. The molecule has 0 spiro atoms. The van der Waals surface area contributed by atoms with E-state index >= 15 is 0 Å². The molecule has 1 atom stereocenters. The van der Waals surface area contributed by atoms with Crippen LogP contribution in [0.1, 0.15) is 64.5 Å². The first-order valence-corrected chi connectivity index (χ1v) is 9.52. The molecule has 0 heterocycles. The van der Waals surface area contributed by atoms with E-state index in [2.05, 4.69) is 31.4 Å². The van der Waals surface area contributed by atoms with Crippen LogP contribution in [0, 0.1) is 10.8 Å².